The number of nitrogen functional groups attached to an aromatic ring is 2. The number of halogens is 2. The second kappa shape index (κ2) is 4.94. The van der Waals surface area contributed by atoms with Gasteiger partial charge >= 0.3 is 0 Å². The van der Waals surface area contributed by atoms with E-state index in [1.165, 1.54) is 0 Å². The van der Waals surface area contributed by atoms with Crippen LogP contribution in [0.4, 0.5) is 14.6 Å². The predicted octanol–water partition coefficient (Wildman–Crippen LogP) is 0.833. The van der Waals surface area contributed by atoms with Gasteiger partial charge in [0, 0.05) is 5.56 Å². The largest absolute Gasteiger partial charge is 0.382 e. The summed E-state index contributed by atoms with van der Waals surface area (Å²) in [4.78, 5) is 11.9. The van der Waals surface area contributed by atoms with Crippen LogP contribution >= 0.6 is 0 Å². The fourth-order valence-corrected chi connectivity index (χ4v) is 1.87. The van der Waals surface area contributed by atoms with Gasteiger partial charge in [-0.3, -0.25) is 4.79 Å². The molecule has 1 heterocycles. The van der Waals surface area contributed by atoms with Gasteiger partial charge in [0.2, 0.25) is 0 Å². The van der Waals surface area contributed by atoms with Crippen LogP contribution in [0.25, 0.3) is 11.1 Å². The average Bonchev–Trinajstić information content (AvgIpc) is 2.47. The fraction of sp³-hybridized carbons (Fsp3) is 0. The predicted molar refractivity (Wildman–Crippen MR) is 70.0 cm³/mol. The Hall–Kier alpha value is -3.39. The molecule has 0 radical (unpaired) electrons. The van der Waals surface area contributed by atoms with Crippen molar-refractivity contribution in [2.75, 3.05) is 11.6 Å². The smallest absolute Gasteiger partial charge is 0.289 e. The normalized spacial score (nSPS) is 9.90. The molecule has 0 aliphatic heterocycles. The Bertz CT molecular complexity index is 889. The van der Waals surface area contributed by atoms with Crippen LogP contribution in [0.15, 0.2) is 23.0 Å². The van der Waals surface area contributed by atoms with E-state index >= 15 is 0 Å². The molecule has 0 aliphatic carbocycles. The van der Waals surface area contributed by atoms with Crippen LogP contribution < -0.4 is 17.1 Å². The molecule has 8 heteroatoms. The van der Waals surface area contributed by atoms with Crippen LogP contribution in [-0.4, -0.2) is 4.68 Å². The lowest BCUT2D eigenvalue weighted by Crippen LogP contribution is -2.33. The maximum absolute atomic E-state index is 13.3. The summed E-state index contributed by atoms with van der Waals surface area (Å²) in [6.45, 7) is 0. The number of nitrogens with two attached hydrogens (primary N) is 2. The van der Waals surface area contributed by atoms with E-state index < -0.39 is 22.8 Å². The van der Waals surface area contributed by atoms with Crippen LogP contribution in [0.5, 0.6) is 0 Å². The van der Waals surface area contributed by atoms with E-state index in [0.717, 1.165) is 18.2 Å². The standard InChI is InChI=1S/C13H7F2N5O/c14-9-2-1-6(3-10(9)15)11-7(4-16)12(18)20(19)13(21)8(11)5-17/h1-3H,18-19H2. The van der Waals surface area contributed by atoms with E-state index in [0.29, 0.717) is 4.68 Å². The van der Waals surface area contributed by atoms with Crippen LogP contribution in [0, 0.1) is 34.3 Å². The second-order valence-electron chi connectivity index (χ2n) is 4.04. The third kappa shape index (κ3) is 2.05. The number of hydrogen-bond donors (Lipinski definition) is 2. The van der Waals surface area contributed by atoms with Gasteiger partial charge in [-0.05, 0) is 17.7 Å². The zero-order valence-corrected chi connectivity index (χ0v) is 10.4. The van der Waals surface area contributed by atoms with Crippen LogP contribution in [0.1, 0.15) is 11.1 Å². The molecule has 104 valence electrons. The van der Waals surface area contributed by atoms with Gasteiger partial charge < -0.3 is 11.6 Å². The maximum Gasteiger partial charge on any atom is 0.289 e. The average molecular weight is 287 g/mol. The number of anilines is 1. The summed E-state index contributed by atoms with van der Waals surface area (Å²) in [7, 11) is 0. The van der Waals surface area contributed by atoms with Crippen molar-refractivity contribution in [1.29, 1.82) is 10.5 Å². The van der Waals surface area contributed by atoms with Gasteiger partial charge in [0.05, 0.1) is 0 Å². The van der Waals surface area contributed by atoms with Crippen molar-refractivity contribution < 1.29 is 8.78 Å². The van der Waals surface area contributed by atoms with E-state index in [9.17, 15) is 13.6 Å². The summed E-state index contributed by atoms with van der Waals surface area (Å²) in [5, 5.41) is 18.2. The summed E-state index contributed by atoms with van der Waals surface area (Å²) in [6.07, 6.45) is 0. The number of pyridine rings is 1. The van der Waals surface area contributed by atoms with Crippen molar-refractivity contribution in [1.82, 2.24) is 4.68 Å². The maximum atomic E-state index is 13.3. The molecule has 0 amide bonds. The van der Waals surface area contributed by atoms with Gasteiger partial charge in [-0.1, -0.05) is 6.07 Å². The van der Waals surface area contributed by atoms with Crippen LogP contribution in [0.3, 0.4) is 0 Å². The number of nitriles is 2. The number of hydrogen-bond acceptors (Lipinski definition) is 5. The minimum atomic E-state index is -1.18. The Balaban J connectivity index is 2.98. The monoisotopic (exact) mass is 287 g/mol. The minimum Gasteiger partial charge on any atom is -0.382 e. The van der Waals surface area contributed by atoms with Crippen LogP contribution in [-0.2, 0) is 0 Å². The number of aromatic nitrogens is 1. The zero-order valence-electron chi connectivity index (χ0n) is 10.4. The highest BCUT2D eigenvalue weighted by atomic mass is 19.2. The van der Waals surface area contributed by atoms with Gasteiger partial charge in [0.1, 0.15) is 29.1 Å². The summed E-state index contributed by atoms with van der Waals surface area (Å²) in [6, 6.07) is 6.03. The topological polar surface area (TPSA) is 122 Å². The molecule has 2 aromatic rings. The molecule has 0 bridgehead atoms. The van der Waals surface area contributed by atoms with E-state index in [1.807, 2.05) is 0 Å². The van der Waals surface area contributed by atoms with E-state index in [4.69, 9.17) is 22.1 Å². The van der Waals surface area contributed by atoms with E-state index in [-0.39, 0.29) is 22.5 Å². The lowest BCUT2D eigenvalue weighted by atomic mass is 9.96. The second-order valence-corrected chi connectivity index (χ2v) is 4.04. The Morgan fingerprint density at radius 2 is 1.71 bits per heavy atom. The van der Waals surface area contributed by atoms with Crippen molar-refractivity contribution in [2.45, 2.75) is 0 Å². The van der Waals surface area contributed by atoms with E-state index in [1.54, 1.807) is 12.1 Å². The molecular formula is C13H7F2N5O. The summed E-state index contributed by atoms with van der Waals surface area (Å²) in [5.74, 6) is 2.72. The first kappa shape index (κ1) is 14.0. The molecule has 1 aromatic heterocycles. The molecule has 1 aromatic carbocycles. The lowest BCUT2D eigenvalue weighted by molar-refractivity contribution is 0.509. The van der Waals surface area contributed by atoms with Gasteiger partial charge in [-0.2, -0.15) is 10.5 Å². The third-order valence-electron chi connectivity index (χ3n) is 2.88. The SMILES string of the molecule is N#Cc1c(-c2ccc(F)c(F)c2)c(C#N)c(=O)n(N)c1N. The number of rotatable bonds is 1. The van der Waals surface area contributed by atoms with Crippen molar-refractivity contribution in [3.05, 3.63) is 51.3 Å². The fourth-order valence-electron chi connectivity index (χ4n) is 1.87. The van der Waals surface area contributed by atoms with E-state index in [2.05, 4.69) is 0 Å². The van der Waals surface area contributed by atoms with Crippen molar-refractivity contribution in [3.8, 4) is 23.3 Å². The molecule has 0 fully saturated rings. The van der Waals surface area contributed by atoms with Gasteiger partial charge in [-0.15, -0.1) is 0 Å². The first-order valence-corrected chi connectivity index (χ1v) is 5.51. The molecule has 0 saturated carbocycles. The summed E-state index contributed by atoms with van der Waals surface area (Å²) in [5.41, 5.74) is 3.68. The van der Waals surface area contributed by atoms with Gasteiger partial charge in [0.15, 0.2) is 11.6 Å². The van der Waals surface area contributed by atoms with Gasteiger partial charge in [0.25, 0.3) is 5.56 Å². The number of nitrogens with zero attached hydrogens (tertiary/aromatic N) is 3. The Morgan fingerprint density at radius 1 is 1.10 bits per heavy atom. The van der Waals surface area contributed by atoms with Crippen molar-refractivity contribution >= 4 is 5.82 Å². The molecule has 0 unspecified atom stereocenters. The molecule has 0 spiro atoms. The lowest BCUT2D eigenvalue weighted by Gasteiger charge is -2.12. The quantitative estimate of drug-likeness (QED) is 0.752. The molecule has 4 N–H and O–H groups in total. The minimum absolute atomic E-state index is 0.0219. The third-order valence-corrected chi connectivity index (χ3v) is 2.88. The molecule has 0 saturated heterocycles. The Morgan fingerprint density at radius 3 is 2.24 bits per heavy atom. The van der Waals surface area contributed by atoms with Crippen molar-refractivity contribution in [3.63, 3.8) is 0 Å². The van der Waals surface area contributed by atoms with Crippen LogP contribution in [0.2, 0.25) is 0 Å². The number of benzene rings is 1. The molecule has 0 atom stereocenters. The van der Waals surface area contributed by atoms with Crippen molar-refractivity contribution in [2.24, 2.45) is 0 Å². The summed E-state index contributed by atoms with van der Waals surface area (Å²) >= 11 is 0. The summed E-state index contributed by atoms with van der Waals surface area (Å²) < 4.78 is 26.8. The highest BCUT2D eigenvalue weighted by Crippen LogP contribution is 2.29. The molecular weight excluding hydrogens is 280 g/mol. The Kier molecular flexibility index (Phi) is 3.30. The highest BCUT2D eigenvalue weighted by Gasteiger charge is 2.21. The first-order chi connectivity index (χ1) is 9.92. The zero-order chi connectivity index (χ0) is 15.7. The Labute approximate surface area is 117 Å². The molecule has 6 nitrogen and oxygen atoms in total. The highest BCUT2D eigenvalue weighted by molar-refractivity contribution is 5.80. The first-order valence-electron chi connectivity index (χ1n) is 5.51. The molecule has 21 heavy (non-hydrogen) atoms. The van der Waals surface area contributed by atoms with Gasteiger partial charge in [-0.25, -0.2) is 13.5 Å². The molecule has 0 aliphatic rings. The molecule has 2 rings (SSSR count).